The molecule has 0 fully saturated rings. The molecule has 0 radical (unpaired) electrons. The Morgan fingerprint density at radius 1 is 1.00 bits per heavy atom. The third kappa shape index (κ3) is 8.75. The van der Waals surface area contributed by atoms with E-state index in [0.717, 1.165) is 12.8 Å². The van der Waals surface area contributed by atoms with Crippen LogP contribution in [-0.4, -0.2) is 11.1 Å². The van der Waals surface area contributed by atoms with E-state index in [2.05, 4.69) is 13.8 Å². The van der Waals surface area contributed by atoms with Crippen molar-refractivity contribution in [2.24, 2.45) is 11.8 Å². The van der Waals surface area contributed by atoms with Gasteiger partial charge < -0.3 is 5.11 Å². The third-order valence-corrected chi connectivity index (χ3v) is 3.31. The third-order valence-electron chi connectivity index (χ3n) is 3.31. The Labute approximate surface area is 100 Å². The van der Waals surface area contributed by atoms with Crippen molar-refractivity contribution in [1.82, 2.24) is 0 Å². The normalized spacial score (nSPS) is 14.7. The monoisotopic (exact) mass is 228 g/mol. The van der Waals surface area contributed by atoms with Gasteiger partial charge in [0.1, 0.15) is 0 Å². The fourth-order valence-electron chi connectivity index (χ4n) is 1.90. The highest BCUT2D eigenvalue weighted by molar-refractivity contribution is 5.69. The average Bonchev–Trinajstić information content (AvgIpc) is 2.25. The number of hydrogen-bond donors (Lipinski definition) is 1. The van der Waals surface area contributed by atoms with Gasteiger partial charge in [0.25, 0.3) is 0 Å². The van der Waals surface area contributed by atoms with Gasteiger partial charge in [0.2, 0.25) is 0 Å². The Kier molecular flexibility index (Phi) is 9.36. The Hall–Kier alpha value is -0.530. The van der Waals surface area contributed by atoms with Gasteiger partial charge >= 0.3 is 5.97 Å². The summed E-state index contributed by atoms with van der Waals surface area (Å²) in [5.41, 5.74) is 0. The second-order valence-corrected chi connectivity index (χ2v) is 5.12. The molecule has 0 saturated heterocycles. The molecule has 0 spiro atoms. The second kappa shape index (κ2) is 9.68. The molecule has 96 valence electrons. The molecule has 2 nitrogen and oxygen atoms in total. The molecule has 16 heavy (non-hydrogen) atoms. The van der Waals surface area contributed by atoms with Crippen molar-refractivity contribution in [3.63, 3.8) is 0 Å². The number of carboxylic acids is 1. The molecule has 0 heterocycles. The Bertz CT molecular complexity index is 178. The van der Waals surface area contributed by atoms with Crippen LogP contribution in [0.15, 0.2) is 0 Å². The first kappa shape index (κ1) is 15.5. The minimum absolute atomic E-state index is 0.178. The summed E-state index contributed by atoms with van der Waals surface area (Å²) < 4.78 is 0. The number of carboxylic acid groups (broad SMARTS) is 1. The maximum absolute atomic E-state index is 10.6. The van der Waals surface area contributed by atoms with E-state index in [4.69, 9.17) is 5.11 Å². The minimum Gasteiger partial charge on any atom is -0.481 e. The van der Waals surface area contributed by atoms with Gasteiger partial charge in [-0.3, -0.25) is 4.79 Å². The van der Waals surface area contributed by atoms with E-state index < -0.39 is 5.97 Å². The van der Waals surface area contributed by atoms with Crippen molar-refractivity contribution in [2.45, 2.75) is 72.1 Å². The number of hydrogen-bond acceptors (Lipinski definition) is 1. The molecule has 0 aromatic rings. The van der Waals surface area contributed by atoms with Crippen LogP contribution in [0.3, 0.4) is 0 Å². The summed E-state index contributed by atoms with van der Waals surface area (Å²) in [4.78, 5) is 10.6. The minimum atomic E-state index is -0.657. The predicted octanol–water partition coefficient (Wildman–Crippen LogP) is 4.48. The quantitative estimate of drug-likeness (QED) is 0.560. The van der Waals surface area contributed by atoms with E-state index in [1.165, 1.54) is 38.5 Å². The highest BCUT2D eigenvalue weighted by Gasteiger charge is 2.12. The second-order valence-electron chi connectivity index (χ2n) is 5.12. The van der Waals surface area contributed by atoms with Crippen molar-refractivity contribution < 1.29 is 9.90 Å². The molecule has 0 aromatic heterocycles. The van der Waals surface area contributed by atoms with Crippen LogP contribution >= 0.6 is 0 Å². The molecule has 0 rings (SSSR count). The first-order valence-electron chi connectivity index (χ1n) is 6.80. The van der Waals surface area contributed by atoms with Crippen LogP contribution in [-0.2, 0) is 4.79 Å². The highest BCUT2D eigenvalue weighted by atomic mass is 16.4. The van der Waals surface area contributed by atoms with Crippen LogP contribution in [0, 0.1) is 11.8 Å². The van der Waals surface area contributed by atoms with E-state index in [-0.39, 0.29) is 5.92 Å². The molecular weight excluding hydrogens is 200 g/mol. The molecule has 0 amide bonds. The van der Waals surface area contributed by atoms with Crippen LogP contribution < -0.4 is 0 Å². The van der Waals surface area contributed by atoms with Crippen molar-refractivity contribution in [1.29, 1.82) is 0 Å². The lowest BCUT2D eigenvalue weighted by atomic mass is 9.94. The fraction of sp³-hybridized carbons (Fsp3) is 0.929. The Morgan fingerprint density at radius 2 is 1.62 bits per heavy atom. The fourth-order valence-corrected chi connectivity index (χ4v) is 1.90. The average molecular weight is 228 g/mol. The van der Waals surface area contributed by atoms with Crippen LogP contribution in [0.2, 0.25) is 0 Å². The highest BCUT2D eigenvalue weighted by Crippen LogP contribution is 2.18. The topological polar surface area (TPSA) is 37.3 Å². The zero-order valence-electron chi connectivity index (χ0n) is 11.2. The molecule has 0 aliphatic heterocycles. The zero-order chi connectivity index (χ0) is 12.4. The largest absolute Gasteiger partial charge is 0.481 e. The number of rotatable bonds is 10. The van der Waals surface area contributed by atoms with E-state index in [1.807, 2.05) is 0 Å². The van der Waals surface area contributed by atoms with Crippen molar-refractivity contribution in [3.8, 4) is 0 Å². The lowest BCUT2D eigenvalue weighted by Gasteiger charge is -2.12. The van der Waals surface area contributed by atoms with Gasteiger partial charge in [0.15, 0.2) is 0 Å². The molecule has 1 N–H and O–H groups in total. The molecular formula is C14H28O2. The lowest BCUT2D eigenvalue weighted by molar-refractivity contribution is -0.141. The van der Waals surface area contributed by atoms with E-state index in [0.29, 0.717) is 5.92 Å². The SMILES string of the molecule is CCCCCCCC(C)CCC(C)C(=O)O. The maximum Gasteiger partial charge on any atom is 0.306 e. The summed E-state index contributed by atoms with van der Waals surface area (Å²) in [6.07, 6.45) is 9.79. The maximum atomic E-state index is 10.6. The molecule has 2 atom stereocenters. The zero-order valence-corrected chi connectivity index (χ0v) is 11.2. The molecule has 0 aliphatic rings. The van der Waals surface area contributed by atoms with Gasteiger partial charge in [-0.2, -0.15) is 0 Å². The number of aliphatic carboxylic acids is 1. The van der Waals surface area contributed by atoms with Gasteiger partial charge in [-0.1, -0.05) is 59.3 Å². The molecule has 0 aliphatic carbocycles. The van der Waals surface area contributed by atoms with Crippen LogP contribution in [0.4, 0.5) is 0 Å². The number of carbonyl (C=O) groups is 1. The Morgan fingerprint density at radius 3 is 2.19 bits per heavy atom. The summed E-state index contributed by atoms with van der Waals surface area (Å²) in [5, 5.41) is 8.77. The lowest BCUT2D eigenvalue weighted by Crippen LogP contribution is -2.10. The summed E-state index contributed by atoms with van der Waals surface area (Å²) in [5.74, 6) is -0.152. The number of unbranched alkanes of at least 4 members (excludes halogenated alkanes) is 4. The van der Waals surface area contributed by atoms with E-state index in [9.17, 15) is 4.79 Å². The summed E-state index contributed by atoms with van der Waals surface area (Å²) in [6, 6.07) is 0. The van der Waals surface area contributed by atoms with Crippen LogP contribution in [0.5, 0.6) is 0 Å². The Balaban J connectivity index is 3.37. The van der Waals surface area contributed by atoms with Gasteiger partial charge in [-0.15, -0.1) is 0 Å². The molecule has 0 bridgehead atoms. The van der Waals surface area contributed by atoms with Crippen molar-refractivity contribution in [3.05, 3.63) is 0 Å². The van der Waals surface area contributed by atoms with Crippen molar-refractivity contribution >= 4 is 5.97 Å². The van der Waals surface area contributed by atoms with Crippen LogP contribution in [0.1, 0.15) is 72.1 Å². The standard InChI is InChI=1S/C14H28O2/c1-4-5-6-7-8-9-12(2)10-11-13(3)14(15)16/h12-13H,4-11H2,1-3H3,(H,15,16). The van der Waals surface area contributed by atoms with Gasteiger partial charge in [0.05, 0.1) is 5.92 Å². The molecule has 2 unspecified atom stereocenters. The van der Waals surface area contributed by atoms with Gasteiger partial charge in [0, 0.05) is 0 Å². The smallest absolute Gasteiger partial charge is 0.306 e. The predicted molar refractivity (Wildman–Crippen MR) is 68.6 cm³/mol. The van der Waals surface area contributed by atoms with Gasteiger partial charge in [-0.25, -0.2) is 0 Å². The summed E-state index contributed by atoms with van der Waals surface area (Å²) >= 11 is 0. The van der Waals surface area contributed by atoms with Gasteiger partial charge in [-0.05, 0) is 18.8 Å². The molecule has 0 aromatic carbocycles. The molecule has 2 heteroatoms. The first-order chi connectivity index (χ1) is 7.57. The molecule has 0 saturated carbocycles. The summed E-state index contributed by atoms with van der Waals surface area (Å²) in [6.45, 7) is 6.28. The van der Waals surface area contributed by atoms with E-state index >= 15 is 0 Å². The first-order valence-corrected chi connectivity index (χ1v) is 6.80. The van der Waals surface area contributed by atoms with E-state index in [1.54, 1.807) is 6.92 Å². The van der Waals surface area contributed by atoms with Crippen LogP contribution in [0.25, 0.3) is 0 Å². The van der Waals surface area contributed by atoms with Crippen molar-refractivity contribution in [2.75, 3.05) is 0 Å². The summed E-state index contributed by atoms with van der Waals surface area (Å²) in [7, 11) is 0.